The summed E-state index contributed by atoms with van der Waals surface area (Å²) in [6.45, 7) is 0. The van der Waals surface area contributed by atoms with Gasteiger partial charge in [-0.2, -0.15) is 9.36 Å². The molecule has 5 rings (SSSR count). The number of rotatable bonds is 6. The summed E-state index contributed by atoms with van der Waals surface area (Å²) in [7, 11) is 0. The normalized spacial score (nSPS) is 11.1. The number of hydrogen-bond acceptors (Lipinski definition) is 8. The number of carbonyl (C=O) groups excluding carboxylic acids is 1. The summed E-state index contributed by atoms with van der Waals surface area (Å²) >= 11 is 16.1. The third kappa shape index (κ3) is 5.02. The van der Waals surface area contributed by atoms with Crippen LogP contribution in [0.25, 0.3) is 31.9 Å². The molecule has 0 aliphatic heterocycles. The van der Waals surface area contributed by atoms with Crippen LogP contribution in [0.5, 0.6) is 0 Å². The fraction of sp³-hybridized carbons (Fsp3) is 0.0455. The molecule has 1 N–H and O–H groups in total. The van der Waals surface area contributed by atoms with Crippen molar-refractivity contribution in [3.8, 4) is 21.7 Å². The lowest BCUT2D eigenvalue weighted by molar-refractivity contribution is -0.113. The van der Waals surface area contributed by atoms with Crippen LogP contribution in [-0.2, 0) is 4.79 Å². The van der Waals surface area contributed by atoms with Crippen molar-refractivity contribution >= 4 is 79.9 Å². The Labute approximate surface area is 211 Å². The van der Waals surface area contributed by atoms with Crippen LogP contribution < -0.4 is 5.32 Å². The average Bonchev–Trinajstić information content (AvgIpc) is 3.46. The quantitative estimate of drug-likeness (QED) is 0.190. The van der Waals surface area contributed by atoms with Crippen LogP contribution in [0.2, 0.25) is 10.0 Å². The van der Waals surface area contributed by atoms with Crippen molar-refractivity contribution in [1.29, 1.82) is 0 Å². The number of nitrogens with zero attached hydrogens (tertiary/aromatic N) is 4. The van der Waals surface area contributed by atoms with Gasteiger partial charge in [-0.25, -0.2) is 9.97 Å². The minimum atomic E-state index is -0.213. The second-order valence-corrected chi connectivity index (χ2v) is 10.2. The minimum Gasteiger partial charge on any atom is -0.293 e. The zero-order chi connectivity index (χ0) is 22.8. The molecule has 0 unspecified atom stereocenters. The molecule has 3 heterocycles. The lowest BCUT2D eigenvalue weighted by atomic mass is 10.1. The maximum Gasteiger partial charge on any atom is 0.241 e. The van der Waals surface area contributed by atoms with Crippen molar-refractivity contribution in [2.24, 2.45) is 0 Å². The predicted octanol–water partition coefficient (Wildman–Crippen LogP) is 6.91. The van der Waals surface area contributed by atoms with Crippen LogP contribution >= 0.6 is 57.8 Å². The number of carbonyl (C=O) groups is 1. The highest BCUT2D eigenvalue weighted by Crippen LogP contribution is 2.38. The van der Waals surface area contributed by atoms with Gasteiger partial charge in [0.25, 0.3) is 0 Å². The maximum atomic E-state index is 12.6. The van der Waals surface area contributed by atoms with Gasteiger partial charge < -0.3 is 0 Å². The molecule has 0 fully saturated rings. The van der Waals surface area contributed by atoms with Gasteiger partial charge in [0.2, 0.25) is 11.9 Å². The highest BCUT2D eigenvalue weighted by Gasteiger charge is 2.16. The van der Waals surface area contributed by atoms with Gasteiger partial charge in [-0.15, -0.1) is 11.3 Å². The summed E-state index contributed by atoms with van der Waals surface area (Å²) in [4.78, 5) is 26.6. The number of benzene rings is 2. The molecule has 6 nitrogen and oxygen atoms in total. The Hall–Kier alpha value is -2.56. The van der Waals surface area contributed by atoms with Gasteiger partial charge in [-0.3, -0.25) is 10.1 Å². The molecule has 0 saturated heterocycles. The highest BCUT2D eigenvalue weighted by molar-refractivity contribution is 8.00. The van der Waals surface area contributed by atoms with E-state index in [0.717, 1.165) is 31.9 Å². The van der Waals surface area contributed by atoms with E-state index in [1.807, 2.05) is 41.8 Å². The van der Waals surface area contributed by atoms with Crippen LogP contribution in [0.15, 0.2) is 65.3 Å². The summed E-state index contributed by atoms with van der Waals surface area (Å²) in [6, 6.07) is 14.9. The van der Waals surface area contributed by atoms with Crippen molar-refractivity contribution in [2.75, 3.05) is 11.1 Å². The molecule has 0 atom stereocenters. The smallest absolute Gasteiger partial charge is 0.241 e. The van der Waals surface area contributed by atoms with Crippen molar-refractivity contribution < 1.29 is 4.79 Å². The molecule has 0 radical (unpaired) electrons. The monoisotopic (exact) mass is 529 g/mol. The highest BCUT2D eigenvalue weighted by atomic mass is 35.5. The van der Waals surface area contributed by atoms with Gasteiger partial charge in [0, 0.05) is 26.6 Å². The number of hydrogen-bond donors (Lipinski definition) is 1. The van der Waals surface area contributed by atoms with E-state index >= 15 is 0 Å². The van der Waals surface area contributed by atoms with Gasteiger partial charge in [-0.05, 0) is 41.4 Å². The number of aromatic nitrogens is 4. The van der Waals surface area contributed by atoms with E-state index in [1.54, 1.807) is 23.5 Å². The van der Waals surface area contributed by atoms with E-state index in [4.69, 9.17) is 23.2 Å². The Morgan fingerprint density at radius 2 is 1.67 bits per heavy atom. The van der Waals surface area contributed by atoms with E-state index in [2.05, 4.69) is 24.6 Å². The topological polar surface area (TPSA) is 80.7 Å². The summed E-state index contributed by atoms with van der Waals surface area (Å²) in [5, 5.41) is 8.51. The zero-order valence-corrected chi connectivity index (χ0v) is 20.6. The molecule has 11 heteroatoms. The zero-order valence-electron chi connectivity index (χ0n) is 16.7. The Morgan fingerprint density at radius 3 is 2.39 bits per heavy atom. The first kappa shape index (κ1) is 22.2. The molecule has 164 valence electrons. The van der Waals surface area contributed by atoms with Crippen molar-refractivity contribution in [3.05, 3.63) is 70.3 Å². The van der Waals surface area contributed by atoms with Crippen LogP contribution in [0.4, 0.5) is 5.95 Å². The van der Waals surface area contributed by atoms with Gasteiger partial charge in [0.05, 0.1) is 11.1 Å². The molecular weight excluding hydrogens is 517 g/mol. The Kier molecular flexibility index (Phi) is 6.57. The maximum absolute atomic E-state index is 12.6. The summed E-state index contributed by atoms with van der Waals surface area (Å²) in [5.74, 6) is 0.230. The molecule has 0 saturated carbocycles. The van der Waals surface area contributed by atoms with E-state index in [9.17, 15) is 4.79 Å². The van der Waals surface area contributed by atoms with Crippen LogP contribution in [0, 0.1) is 0 Å². The molecule has 0 aliphatic carbocycles. The summed E-state index contributed by atoms with van der Waals surface area (Å²) in [6.07, 6.45) is 1.52. The van der Waals surface area contributed by atoms with Gasteiger partial charge in [0.1, 0.15) is 21.2 Å². The van der Waals surface area contributed by atoms with Gasteiger partial charge in [0.15, 0.2) is 0 Å². The van der Waals surface area contributed by atoms with Gasteiger partial charge >= 0.3 is 0 Å². The molecule has 1 amide bonds. The van der Waals surface area contributed by atoms with E-state index in [1.165, 1.54) is 29.6 Å². The first-order chi connectivity index (χ1) is 16.1. The second kappa shape index (κ2) is 9.74. The fourth-order valence-corrected chi connectivity index (χ4v) is 5.75. The first-order valence-electron chi connectivity index (χ1n) is 9.57. The summed E-state index contributed by atoms with van der Waals surface area (Å²) < 4.78 is 4.23. The van der Waals surface area contributed by atoms with Crippen LogP contribution in [-0.4, -0.2) is 31.0 Å². The van der Waals surface area contributed by atoms with E-state index in [0.29, 0.717) is 15.1 Å². The molecule has 0 bridgehead atoms. The number of nitrogens with one attached hydrogen (secondary N) is 1. The van der Waals surface area contributed by atoms with Crippen LogP contribution in [0.1, 0.15) is 0 Å². The molecule has 0 aliphatic rings. The lowest BCUT2D eigenvalue weighted by Crippen LogP contribution is -2.15. The number of amides is 1. The SMILES string of the molecule is O=C(CSc1ncnc2scc(-c3ccc(Cl)cc3)c12)Nc1nsc(-c2ccc(Cl)cc2)n1. The molecule has 33 heavy (non-hydrogen) atoms. The number of anilines is 1. The standard InChI is InChI=1S/C22H13Cl2N5OS3/c23-14-5-1-12(2-6-14)16-9-31-20-18(16)21(26-11-25-20)32-10-17(30)27-22-28-19(33-29-22)13-3-7-15(24)8-4-13/h1-9,11H,10H2,(H,27,29,30). The number of fused-ring (bicyclic) bond motifs is 1. The second-order valence-electron chi connectivity index (χ2n) is 6.78. The van der Waals surface area contributed by atoms with E-state index < -0.39 is 0 Å². The molecule has 3 aromatic heterocycles. The Balaban J connectivity index is 1.30. The van der Waals surface area contributed by atoms with Gasteiger partial charge in [-0.1, -0.05) is 59.2 Å². The number of thioether (sulfide) groups is 1. The Morgan fingerprint density at radius 1 is 0.970 bits per heavy atom. The summed E-state index contributed by atoms with van der Waals surface area (Å²) in [5.41, 5.74) is 2.93. The minimum absolute atomic E-state index is 0.164. The predicted molar refractivity (Wildman–Crippen MR) is 138 cm³/mol. The first-order valence-corrected chi connectivity index (χ1v) is 13.0. The van der Waals surface area contributed by atoms with Crippen molar-refractivity contribution in [2.45, 2.75) is 5.03 Å². The molecule has 2 aromatic carbocycles. The molecule has 0 spiro atoms. The van der Waals surface area contributed by atoms with E-state index in [-0.39, 0.29) is 17.6 Å². The third-order valence-electron chi connectivity index (χ3n) is 4.60. The Bertz CT molecular complexity index is 1430. The third-order valence-corrected chi connectivity index (χ3v) is 7.74. The number of halogens is 2. The van der Waals surface area contributed by atoms with Crippen molar-refractivity contribution in [1.82, 2.24) is 19.3 Å². The largest absolute Gasteiger partial charge is 0.293 e. The fourth-order valence-electron chi connectivity index (χ4n) is 3.08. The lowest BCUT2D eigenvalue weighted by Gasteiger charge is -2.05. The van der Waals surface area contributed by atoms with Crippen molar-refractivity contribution in [3.63, 3.8) is 0 Å². The van der Waals surface area contributed by atoms with Crippen LogP contribution in [0.3, 0.4) is 0 Å². The molecular formula is C22H13Cl2N5OS3. The average molecular weight is 530 g/mol. The number of thiophene rings is 1. The molecule has 5 aromatic rings.